The van der Waals surface area contributed by atoms with Crippen molar-refractivity contribution in [2.45, 2.75) is 13.0 Å². The van der Waals surface area contributed by atoms with Gasteiger partial charge in [0.1, 0.15) is 11.6 Å². The Bertz CT molecular complexity index is 1740. The normalized spacial score (nSPS) is 12.6. The number of carbonyl (C=O) groups is 1. The Kier molecular flexibility index (Phi) is 6.89. The summed E-state index contributed by atoms with van der Waals surface area (Å²) in [6.07, 6.45) is 2.66. The maximum Gasteiger partial charge on any atom is 0.258 e. The highest BCUT2D eigenvalue weighted by molar-refractivity contribution is 7.19. The van der Waals surface area contributed by atoms with Crippen LogP contribution in [0.5, 0.6) is 0 Å². The number of halogens is 2. The van der Waals surface area contributed by atoms with Crippen LogP contribution >= 0.6 is 11.3 Å². The average Bonchev–Trinajstić information content (AvgIpc) is 3.36. The molecule has 0 fully saturated rings. The highest BCUT2D eigenvalue weighted by Gasteiger charge is 2.18. The van der Waals surface area contributed by atoms with E-state index in [9.17, 15) is 13.6 Å². The number of fused-ring (bicyclic) bond motifs is 1. The summed E-state index contributed by atoms with van der Waals surface area (Å²) in [6.45, 7) is 1.80. The average molecular weight is 556 g/mol. The molecule has 0 saturated carbocycles. The van der Waals surface area contributed by atoms with Crippen LogP contribution in [-0.4, -0.2) is 27.4 Å². The fourth-order valence-electron chi connectivity index (χ4n) is 4.55. The van der Waals surface area contributed by atoms with Gasteiger partial charge in [0.15, 0.2) is 5.13 Å². The van der Waals surface area contributed by atoms with Crippen molar-refractivity contribution in [2.75, 3.05) is 22.9 Å². The van der Waals surface area contributed by atoms with Crippen LogP contribution in [0.3, 0.4) is 0 Å². The molecule has 0 atom stereocenters. The molecule has 0 radical (unpaired) electrons. The number of nitrogens with zero attached hydrogens (tertiary/aromatic N) is 3. The molecule has 3 heterocycles. The van der Waals surface area contributed by atoms with Gasteiger partial charge in [0.05, 0.1) is 21.8 Å². The van der Waals surface area contributed by atoms with Crippen molar-refractivity contribution < 1.29 is 13.6 Å². The van der Waals surface area contributed by atoms with E-state index in [1.807, 2.05) is 12.1 Å². The van der Waals surface area contributed by atoms with Gasteiger partial charge in [0.2, 0.25) is 5.95 Å². The van der Waals surface area contributed by atoms with Crippen LogP contribution in [-0.2, 0) is 13.0 Å². The first-order valence-electron chi connectivity index (χ1n) is 12.5. The first-order valence-corrected chi connectivity index (χ1v) is 13.3. The van der Waals surface area contributed by atoms with Gasteiger partial charge in [-0.05, 0) is 72.6 Å². The van der Waals surface area contributed by atoms with Crippen LogP contribution in [0.15, 0.2) is 72.9 Å². The molecule has 200 valence electrons. The van der Waals surface area contributed by atoms with Gasteiger partial charge in [0, 0.05) is 29.7 Å². The van der Waals surface area contributed by atoms with Crippen molar-refractivity contribution in [1.82, 2.24) is 20.3 Å². The van der Waals surface area contributed by atoms with Gasteiger partial charge >= 0.3 is 0 Å². The lowest BCUT2D eigenvalue weighted by molar-refractivity contribution is 0.102. The molecule has 1 aliphatic rings. The lowest BCUT2D eigenvalue weighted by atomic mass is 10.0. The Morgan fingerprint density at radius 1 is 0.975 bits per heavy atom. The van der Waals surface area contributed by atoms with Crippen molar-refractivity contribution in [3.63, 3.8) is 0 Å². The number of thiazole rings is 1. The summed E-state index contributed by atoms with van der Waals surface area (Å²) in [5.41, 5.74) is 11.4. The lowest BCUT2D eigenvalue weighted by Crippen LogP contribution is -2.23. The van der Waals surface area contributed by atoms with Crippen LogP contribution < -0.4 is 21.7 Å². The molecular formula is C29H23F2N7OS. The molecule has 2 aromatic heterocycles. The Morgan fingerprint density at radius 3 is 2.77 bits per heavy atom. The second kappa shape index (κ2) is 10.8. The highest BCUT2D eigenvalue weighted by atomic mass is 32.1. The van der Waals surface area contributed by atoms with Crippen LogP contribution in [0, 0.1) is 11.6 Å². The summed E-state index contributed by atoms with van der Waals surface area (Å²) in [4.78, 5) is 26.9. The van der Waals surface area contributed by atoms with E-state index in [0.29, 0.717) is 33.7 Å². The van der Waals surface area contributed by atoms with E-state index in [1.54, 1.807) is 30.5 Å². The molecular weight excluding hydrogens is 532 g/mol. The zero-order chi connectivity index (χ0) is 27.6. The third-order valence-corrected chi connectivity index (χ3v) is 7.35. The molecule has 8 nitrogen and oxygen atoms in total. The van der Waals surface area contributed by atoms with E-state index in [0.717, 1.165) is 48.3 Å². The van der Waals surface area contributed by atoms with E-state index < -0.39 is 17.5 Å². The number of rotatable bonds is 6. The second-order valence-corrected chi connectivity index (χ2v) is 10.2. The number of aromatic nitrogens is 3. The SMILES string of the molecule is Nc1nc(-c2cccc(NC(=O)c3cc(F)ccc3F)c2)c(-c2ccnc(Nc3ccc4c(c3)CNCC4)n2)s1. The number of hydrogen-bond donors (Lipinski definition) is 4. The minimum Gasteiger partial charge on any atom is -0.375 e. The van der Waals surface area contributed by atoms with E-state index in [2.05, 4.69) is 38.1 Å². The molecule has 11 heteroatoms. The van der Waals surface area contributed by atoms with Gasteiger partial charge in [-0.15, -0.1) is 0 Å². The number of amides is 1. The van der Waals surface area contributed by atoms with Crippen LogP contribution in [0.2, 0.25) is 0 Å². The molecule has 1 aliphatic heterocycles. The summed E-state index contributed by atoms with van der Waals surface area (Å²) in [5, 5.41) is 9.63. The highest BCUT2D eigenvalue weighted by Crippen LogP contribution is 2.38. The molecule has 6 rings (SSSR count). The molecule has 0 saturated heterocycles. The quantitative estimate of drug-likeness (QED) is 0.210. The Morgan fingerprint density at radius 2 is 1.88 bits per heavy atom. The Balaban J connectivity index is 1.27. The number of benzene rings is 3. The molecule has 3 aromatic carbocycles. The summed E-state index contributed by atoms with van der Waals surface area (Å²) < 4.78 is 27.7. The predicted molar refractivity (Wildman–Crippen MR) is 152 cm³/mol. The van der Waals surface area contributed by atoms with Crippen molar-refractivity contribution in [3.8, 4) is 21.8 Å². The smallest absolute Gasteiger partial charge is 0.258 e. The lowest BCUT2D eigenvalue weighted by Gasteiger charge is -2.18. The third kappa shape index (κ3) is 5.37. The minimum absolute atomic E-state index is 0.344. The van der Waals surface area contributed by atoms with E-state index in [4.69, 9.17) is 10.7 Å². The molecule has 0 unspecified atom stereocenters. The zero-order valence-corrected chi connectivity index (χ0v) is 21.9. The molecule has 0 spiro atoms. The van der Waals surface area contributed by atoms with Crippen molar-refractivity contribution in [2.24, 2.45) is 0 Å². The molecule has 0 bridgehead atoms. The molecule has 0 aliphatic carbocycles. The van der Waals surface area contributed by atoms with Gasteiger partial charge in [0.25, 0.3) is 5.91 Å². The predicted octanol–water partition coefficient (Wildman–Crippen LogP) is 5.77. The topological polar surface area (TPSA) is 118 Å². The fraction of sp³-hybridized carbons (Fsp3) is 0.103. The van der Waals surface area contributed by atoms with E-state index in [1.165, 1.54) is 22.5 Å². The van der Waals surface area contributed by atoms with Gasteiger partial charge in [-0.3, -0.25) is 4.79 Å². The molecule has 40 heavy (non-hydrogen) atoms. The number of hydrogen-bond acceptors (Lipinski definition) is 8. The fourth-order valence-corrected chi connectivity index (χ4v) is 5.38. The maximum absolute atomic E-state index is 14.1. The van der Waals surface area contributed by atoms with Crippen LogP contribution in [0.1, 0.15) is 21.5 Å². The summed E-state index contributed by atoms with van der Waals surface area (Å²) >= 11 is 1.28. The largest absolute Gasteiger partial charge is 0.375 e. The van der Waals surface area contributed by atoms with Gasteiger partial charge in [-0.25, -0.2) is 23.7 Å². The first-order chi connectivity index (χ1) is 19.4. The summed E-state index contributed by atoms with van der Waals surface area (Å²) in [5.74, 6) is -1.86. The minimum atomic E-state index is -0.815. The number of anilines is 4. The van der Waals surface area contributed by atoms with E-state index >= 15 is 0 Å². The number of nitrogens with two attached hydrogens (primary N) is 1. The van der Waals surface area contributed by atoms with Crippen molar-refractivity contribution >= 4 is 39.7 Å². The maximum atomic E-state index is 14.1. The monoisotopic (exact) mass is 555 g/mol. The molecule has 1 amide bonds. The molecule has 5 N–H and O–H groups in total. The second-order valence-electron chi connectivity index (χ2n) is 9.19. The van der Waals surface area contributed by atoms with Crippen molar-refractivity contribution in [3.05, 3.63) is 101 Å². The van der Waals surface area contributed by atoms with Crippen LogP contribution in [0.4, 0.5) is 31.2 Å². The van der Waals surface area contributed by atoms with Gasteiger partial charge < -0.3 is 21.7 Å². The number of nitrogens with one attached hydrogen (secondary N) is 3. The van der Waals surface area contributed by atoms with Crippen LogP contribution in [0.25, 0.3) is 21.8 Å². The number of carbonyl (C=O) groups excluding carboxylic acids is 1. The Hall–Kier alpha value is -4.74. The van der Waals surface area contributed by atoms with Gasteiger partial charge in [-0.1, -0.05) is 29.5 Å². The Labute approximate surface area is 232 Å². The van der Waals surface area contributed by atoms with Crippen molar-refractivity contribution in [1.29, 1.82) is 0 Å². The zero-order valence-electron chi connectivity index (χ0n) is 21.0. The molecule has 5 aromatic rings. The van der Waals surface area contributed by atoms with E-state index in [-0.39, 0.29) is 5.56 Å². The standard InChI is InChI=1S/C29H23F2N7OS/c30-19-5-7-23(31)22(14-19)27(39)35-20-3-1-2-17(12-20)25-26(40-28(32)38-25)24-9-11-34-29(37-24)36-21-6-4-16-8-10-33-15-18(16)13-21/h1-7,9,11-14,33H,8,10,15H2,(H2,32,38)(H,35,39)(H,34,36,37). The summed E-state index contributed by atoms with van der Waals surface area (Å²) in [6, 6.07) is 17.6. The number of nitrogen functional groups attached to an aromatic ring is 1. The van der Waals surface area contributed by atoms with Gasteiger partial charge in [-0.2, -0.15) is 0 Å². The summed E-state index contributed by atoms with van der Waals surface area (Å²) in [7, 11) is 0. The first kappa shape index (κ1) is 25.5. The third-order valence-electron chi connectivity index (χ3n) is 6.45.